The first kappa shape index (κ1) is 14.8. The molecule has 0 aromatic heterocycles. The van der Waals surface area contributed by atoms with E-state index in [9.17, 15) is 4.79 Å². The van der Waals surface area contributed by atoms with Crippen LogP contribution in [0.5, 0.6) is 0 Å². The average molecular weight is 278 g/mol. The Morgan fingerprint density at radius 1 is 1.30 bits per heavy atom. The Kier molecular flexibility index (Phi) is 4.62. The highest BCUT2D eigenvalue weighted by Gasteiger charge is 2.37. The maximum absolute atomic E-state index is 12.6. The van der Waals surface area contributed by atoms with Crippen molar-refractivity contribution in [3.8, 4) is 0 Å². The van der Waals surface area contributed by atoms with Gasteiger partial charge in [-0.15, -0.1) is 0 Å². The van der Waals surface area contributed by atoms with Crippen molar-refractivity contribution in [1.82, 2.24) is 4.90 Å². The number of methoxy groups -OCH3 is 2. The van der Waals surface area contributed by atoms with E-state index in [4.69, 9.17) is 15.2 Å². The van der Waals surface area contributed by atoms with Crippen LogP contribution in [0.25, 0.3) is 0 Å². The normalized spacial score (nSPS) is 23.9. The fraction of sp³-hybridized carbons (Fsp3) is 0.533. The van der Waals surface area contributed by atoms with Crippen LogP contribution >= 0.6 is 0 Å². The topological polar surface area (TPSA) is 64.8 Å². The summed E-state index contributed by atoms with van der Waals surface area (Å²) in [5.41, 5.74) is 7.38. The summed E-state index contributed by atoms with van der Waals surface area (Å²) in [4.78, 5) is 14.4. The number of hydrogen-bond acceptors (Lipinski definition) is 4. The number of anilines is 1. The lowest BCUT2D eigenvalue weighted by Gasteiger charge is -2.21. The molecule has 1 aromatic carbocycles. The van der Waals surface area contributed by atoms with E-state index in [1.54, 1.807) is 19.1 Å². The zero-order valence-corrected chi connectivity index (χ0v) is 12.2. The summed E-state index contributed by atoms with van der Waals surface area (Å²) in [6, 6.07) is 7.46. The molecule has 2 rings (SSSR count). The van der Waals surface area contributed by atoms with Gasteiger partial charge in [-0.25, -0.2) is 0 Å². The first-order valence-corrected chi connectivity index (χ1v) is 6.76. The molecule has 0 bridgehead atoms. The van der Waals surface area contributed by atoms with E-state index in [0.717, 1.165) is 5.56 Å². The molecular formula is C15H22N2O3. The van der Waals surface area contributed by atoms with Crippen LogP contribution in [-0.2, 0) is 14.3 Å². The smallest absolute Gasteiger partial charge is 0.230 e. The van der Waals surface area contributed by atoms with Crippen molar-refractivity contribution < 1.29 is 14.3 Å². The van der Waals surface area contributed by atoms with Crippen LogP contribution in [0.4, 0.5) is 5.69 Å². The molecule has 5 heteroatoms. The van der Waals surface area contributed by atoms with Crippen molar-refractivity contribution in [3.05, 3.63) is 29.8 Å². The number of carbonyl (C=O) groups excluding carboxylic acids is 1. The van der Waals surface area contributed by atoms with Crippen LogP contribution in [0, 0.1) is 0 Å². The van der Waals surface area contributed by atoms with Gasteiger partial charge < -0.3 is 20.1 Å². The molecule has 1 saturated heterocycles. The SMILES string of the molecule is COC1CN(C(=O)C(C)c2cccc(N)c2)CC1OC. The van der Waals surface area contributed by atoms with Crippen molar-refractivity contribution in [2.24, 2.45) is 0 Å². The van der Waals surface area contributed by atoms with Crippen LogP contribution in [0.2, 0.25) is 0 Å². The number of nitrogens with two attached hydrogens (primary N) is 1. The van der Waals surface area contributed by atoms with Crippen molar-refractivity contribution in [3.63, 3.8) is 0 Å². The third kappa shape index (κ3) is 2.94. The fourth-order valence-corrected chi connectivity index (χ4v) is 2.62. The highest BCUT2D eigenvalue weighted by Crippen LogP contribution is 2.24. The molecule has 0 spiro atoms. The molecule has 1 aliphatic rings. The number of likely N-dealkylation sites (tertiary alicyclic amines) is 1. The minimum absolute atomic E-state index is 0.0583. The Labute approximate surface area is 119 Å². The van der Waals surface area contributed by atoms with Gasteiger partial charge in [-0.3, -0.25) is 4.79 Å². The van der Waals surface area contributed by atoms with Gasteiger partial charge in [0.2, 0.25) is 5.91 Å². The van der Waals surface area contributed by atoms with E-state index < -0.39 is 0 Å². The molecule has 1 aliphatic heterocycles. The van der Waals surface area contributed by atoms with Gasteiger partial charge in [0, 0.05) is 33.0 Å². The van der Waals surface area contributed by atoms with Crippen molar-refractivity contribution in [2.45, 2.75) is 25.0 Å². The number of carbonyl (C=O) groups is 1. The molecule has 0 radical (unpaired) electrons. The minimum Gasteiger partial charge on any atom is -0.399 e. The minimum atomic E-state index is -0.216. The van der Waals surface area contributed by atoms with E-state index in [1.807, 2.05) is 31.2 Å². The van der Waals surface area contributed by atoms with Crippen molar-refractivity contribution in [1.29, 1.82) is 0 Å². The molecule has 1 amide bonds. The Morgan fingerprint density at radius 2 is 1.90 bits per heavy atom. The van der Waals surface area contributed by atoms with Crippen LogP contribution in [0.3, 0.4) is 0 Å². The van der Waals surface area contributed by atoms with Crippen LogP contribution in [-0.4, -0.2) is 50.3 Å². The lowest BCUT2D eigenvalue weighted by molar-refractivity contribution is -0.132. The first-order valence-electron chi connectivity index (χ1n) is 6.76. The molecule has 1 aromatic rings. The van der Waals surface area contributed by atoms with Crippen LogP contribution in [0.1, 0.15) is 18.4 Å². The predicted octanol–water partition coefficient (Wildman–Crippen LogP) is 1.24. The molecule has 3 unspecified atom stereocenters. The monoisotopic (exact) mass is 278 g/mol. The number of hydrogen-bond donors (Lipinski definition) is 1. The molecule has 3 atom stereocenters. The maximum Gasteiger partial charge on any atom is 0.230 e. The largest absolute Gasteiger partial charge is 0.399 e. The Balaban J connectivity index is 2.08. The summed E-state index contributed by atoms with van der Waals surface area (Å²) < 4.78 is 10.7. The van der Waals surface area contributed by atoms with Gasteiger partial charge in [-0.2, -0.15) is 0 Å². The maximum atomic E-state index is 12.6. The highest BCUT2D eigenvalue weighted by atomic mass is 16.5. The van der Waals surface area contributed by atoms with Gasteiger partial charge in [0.25, 0.3) is 0 Å². The molecule has 0 saturated carbocycles. The summed E-state index contributed by atoms with van der Waals surface area (Å²) in [7, 11) is 3.29. The third-order valence-corrected chi connectivity index (χ3v) is 3.91. The number of rotatable bonds is 4. The predicted molar refractivity (Wildman–Crippen MR) is 77.4 cm³/mol. The number of amides is 1. The van der Waals surface area contributed by atoms with Crippen molar-refractivity contribution in [2.75, 3.05) is 33.0 Å². The second kappa shape index (κ2) is 6.24. The van der Waals surface area contributed by atoms with E-state index in [0.29, 0.717) is 18.8 Å². The lowest BCUT2D eigenvalue weighted by atomic mass is 9.99. The summed E-state index contributed by atoms with van der Waals surface area (Å²) in [6.07, 6.45) is -0.117. The molecule has 5 nitrogen and oxygen atoms in total. The molecule has 110 valence electrons. The molecule has 2 N–H and O–H groups in total. The van der Waals surface area contributed by atoms with E-state index in [2.05, 4.69) is 0 Å². The van der Waals surface area contributed by atoms with E-state index in [-0.39, 0.29) is 24.0 Å². The first-order chi connectivity index (χ1) is 9.56. The lowest BCUT2D eigenvalue weighted by Crippen LogP contribution is -2.33. The fourth-order valence-electron chi connectivity index (χ4n) is 2.62. The third-order valence-electron chi connectivity index (χ3n) is 3.91. The van der Waals surface area contributed by atoms with Crippen molar-refractivity contribution >= 4 is 11.6 Å². The van der Waals surface area contributed by atoms with Gasteiger partial charge in [0.05, 0.1) is 5.92 Å². The molecule has 1 fully saturated rings. The highest BCUT2D eigenvalue weighted by molar-refractivity contribution is 5.84. The van der Waals surface area contributed by atoms with Gasteiger partial charge in [0.1, 0.15) is 12.2 Å². The Morgan fingerprint density at radius 3 is 2.40 bits per heavy atom. The summed E-state index contributed by atoms with van der Waals surface area (Å²) >= 11 is 0. The number of benzene rings is 1. The molecule has 1 heterocycles. The molecule has 20 heavy (non-hydrogen) atoms. The second-order valence-corrected chi connectivity index (χ2v) is 5.18. The zero-order valence-electron chi connectivity index (χ0n) is 12.2. The molecule has 0 aliphatic carbocycles. The average Bonchev–Trinajstić information content (AvgIpc) is 2.89. The quantitative estimate of drug-likeness (QED) is 0.842. The number of nitrogens with zero attached hydrogens (tertiary/aromatic N) is 1. The van der Waals surface area contributed by atoms with Gasteiger partial charge in [-0.05, 0) is 24.6 Å². The van der Waals surface area contributed by atoms with Gasteiger partial charge in [0.15, 0.2) is 0 Å². The Hall–Kier alpha value is -1.59. The van der Waals surface area contributed by atoms with Crippen LogP contribution in [0.15, 0.2) is 24.3 Å². The van der Waals surface area contributed by atoms with Crippen LogP contribution < -0.4 is 5.73 Å². The molecular weight excluding hydrogens is 256 g/mol. The number of ether oxygens (including phenoxy) is 2. The van der Waals surface area contributed by atoms with E-state index >= 15 is 0 Å². The van der Waals surface area contributed by atoms with Gasteiger partial charge >= 0.3 is 0 Å². The summed E-state index contributed by atoms with van der Waals surface area (Å²) in [5.74, 6) is -0.135. The summed E-state index contributed by atoms with van der Waals surface area (Å²) in [6.45, 7) is 3.04. The Bertz CT molecular complexity index is 466. The van der Waals surface area contributed by atoms with Gasteiger partial charge in [-0.1, -0.05) is 12.1 Å². The van der Waals surface area contributed by atoms with E-state index in [1.165, 1.54) is 0 Å². The second-order valence-electron chi connectivity index (χ2n) is 5.18. The summed E-state index contributed by atoms with van der Waals surface area (Å²) in [5, 5.41) is 0. The zero-order chi connectivity index (χ0) is 14.7. The number of nitrogen functional groups attached to an aromatic ring is 1. The standard InChI is InChI=1S/C15H22N2O3/c1-10(11-5-4-6-12(16)7-11)15(18)17-8-13(19-2)14(9-17)20-3/h4-7,10,13-14H,8-9,16H2,1-3H3.